The molecular formula is C21H15ClN4O3. The Morgan fingerprint density at radius 1 is 1.03 bits per heavy atom. The van der Waals surface area contributed by atoms with Gasteiger partial charge >= 0.3 is 0 Å². The number of halogens is 1. The van der Waals surface area contributed by atoms with E-state index in [-0.39, 0.29) is 5.56 Å². The summed E-state index contributed by atoms with van der Waals surface area (Å²) in [5.74, 6) is -0.130. The number of amides is 2. The lowest BCUT2D eigenvalue weighted by Crippen LogP contribution is -2.19. The third-order valence-corrected chi connectivity index (χ3v) is 4.19. The van der Waals surface area contributed by atoms with E-state index in [1.165, 1.54) is 31.5 Å². The van der Waals surface area contributed by atoms with E-state index in [9.17, 15) is 9.59 Å². The zero-order valence-corrected chi connectivity index (χ0v) is 16.0. The molecule has 0 aliphatic rings. The van der Waals surface area contributed by atoms with Crippen LogP contribution in [-0.4, -0.2) is 23.9 Å². The lowest BCUT2D eigenvalue weighted by Gasteiger charge is -2.13. The second-order valence-corrected chi connectivity index (χ2v) is 6.31. The lowest BCUT2D eigenvalue weighted by molar-refractivity contribution is 0.102. The Hall–Kier alpha value is -3.89. The van der Waals surface area contributed by atoms with Crippen molar-refractivity contribution in [3.63, 3.8) is 0 Å². The Morgan fingerprint density at radius 2 is 1.79 bits per heavy atom. The third kappa shape index (κ3) is 4.89. The molecule has 7 nitrogen and oxygen atoms in total. The van der Waals surface area contributed by atoms with Crippen molar-refractivity contribution in [3.05, 3.63) is 82.5 Å². The zero-order valence-electron chi connectivity index (χ0n) is 15.3. The first-order valence-electron chi connectivity index (χ1n) is 8.42. The molecule has 0 atom stereocenters. The highest BCUT2D eigenvalue weighted by Crippen LogP contribution is 2.24. The van der Waals surface area contributed by atoms with E-state index in [0.717, 1.165) is 0 Å². The van der Waals surface area contributed by atoms with Gasteiger partial charge in [0.2, 0.25) is 0 Å². The van der Waals surface area contributed by atoms with Crippen LogP contribution in [0.2, 0.25) is 5.02 Å². The maximum absolute atomic E-state index is 12.8. The van der Waals surface area contributed by atoms with Crippen LogP contribution in [-0.2, 0) is 0 Å². The van der Waals surface area contributed by atoms with Crippen LogP contribution in [0.4, 0.5) is 11.5 Å². The Balaban J connectivity index is 1.86. The smallest absolute Gasteiger partial charge is 0.259 e. The van der Waals surface area contributed by atoms with E-state index in [4.69, 9.17) is 21.6 Å². The quantitative estimate of drug-likeness (QED) is 0.663. The summed E-state index contributed by atoms with van der Waals surface area (Å²) in [5, 5.41) is 14.7. The largest absolute Gasteiger partial charge is 0.497 e. The monoisotopic (exact) mass is 406 g/mol. The maximum atomic E-state index is 12.8. The van der Waals surface area contributed by atoms with E-state index < -0.39 is 11.8 Å². The molecule has 2 aromatic carbocycles. The number of pyridine rings is 1. The van der Waals surface area contributed by atoms with Crippen molar-refractivity contribution in [3.8, 4) is 11.8 Å². The number of carbonyl (C=O) groups is 2. The summed E-state index contributed by atoms with van der Waals surface area (Å²) in [7, 11) is 1.48. The van der Waals surface area contributed by atoms with Crippen LogP contribution in [0.1, 0.15) is 26.3 Å². The number of nitriles is 1. The topological polar surface area (TPSA) is 104 Å². The molecule has 0 unspecified atom stereocenters. The highest BCUT2D eigenvalue weighted by Gasteiger charge is 2.16. The SMILES string of the molecule is COc1ccc(NC(=O)c2ccc(C#N)cc2)c(C(=O)Nc2ccc(Cl)cn2)c1. The van der Waals surface area contributed by atoms with Crippen molar-refractivity contribution in [2.24, 2.45) is 0 Å². The molecule has 0 bridgehead atoms. The minimum Gasteiger partial charge on any atom is -0.497 e. The molecule has 2 amide bonds. The molecule has 3 aromatic rings. The summed E-state index contributed by atoms with van der Waals surface area (Å²) in [4.78, 5) is 29.3. The summed E-state index contributed by atoms with van der Waals surface area (Å²) in [5.41, 5.74) is 1.29. The van der Waals surface area contributed by atoms with Crippen LogP contribution >= 0.6 is 11.6 Å². The van der Waals surface area contributed by atoms with Crippen LogP contribution in [0.3, 0.4) is 0 Å². The fourth-order valence-corrected chi connectivity index (χ4v) is 2.58. The minimum atomic E-state index is -0.478. The summed E-state index contributed by atoms with van der Waals surface area (Å²) in [6.45, 7) is 0. The van der Waals surface area contributed by atoms with Crippen molar-refractivity contribution in [1.82, 2.24) is 4.98 Å². The number of anilines is 2. The molecular weight excluding hydrogens is 392 g/mol. The van der Waals surface area contributed by atoms with Crippen LogP contribution in [0.5, 0.6) is 5.75 Å². The lowest BCUT2D eigenvalue weighted by atomic mass is 10.1. The van der Waals surface area contributed by atoms with Crippen LogP contribution in [0.25, 0.3) is 0 Å². The van der Waals surface area contributed by atoms with E-state index in [0.29, 0.717) is 33.4 Å². The number of nitrogens with one attached hydrogen (secondary N) is 2. The molecule has 0 saturated carbocycles. The number of rotatable bonds is 5. The van der Waals surface area contributed by atoms with Crippen molar-refractivity contribution >= 4 is 34.9 Å². The van der Waals surface area contributed by atoms with Gasteiger partial charge in [0, 0.05) is 11.8 Å². The van der Waals surface area contributed by atoms with Crippen molar-refractivity contribution in [2.45, 2.75) is 0 Å². The summed E-state index contributed by atoms with van der Waals surface area (Å²) in [6, 6.07) is 16.0. The molecule has 0 spiro atoms. The molecule has 144 valence electrons. The molecule has 0 fully saturated rings. The van der Waals surface area contributed by atoms with Crippen molar-refractivity contribution < 1.29 is 14.3 Å². The average Bonchev–Trinajstić information content (AvgIpc) is 2.75. The van der Waals surface area contributed by atoms with E-state index >= 15 is 0 Å². The van der Waals surface area contributed by atoms with Gasteiger partial charge in [0.25, 0.3) is 11.8 Å². The fraction of sp³-hybridized carbons (Fsp3) is 0.0476. The summed E-state index contributed by atoms with van der Waals surface area (Å²) >= 11 is 5.81. The molecule has 0 radical (unpaired) electrons. The number of nitrogens with zero attached hydrogens (tertiary/aromatic N) is 2. The first-order chi connectivity index (χ1) is 14.0. The molecule has 0 aliphatic heterocycles. The van der Waals surface area contributed by atoms with E-state index in [2.05, 4.69) is 15.6 Å². The van der Waals surface area contributed by atoms with Gasteiger partial charge in [-0.2, -0.15) is 5.26 Å². The Kier molecular flexibility index (Phi) is 6.07. The second-order valence-electron chi connectivity index (χ2n) is 5.87. The average molecular weight is 407 g/mol. The number of ether oxygens (including phenoxy) is 1. The van der Waals surface area contributed by atoms with Gasteiger partial charge in [0.05, 0.1) is 35.0 Å². The third-order valence-electron chi connectivity index (χ3n) is 3.96. The van der Waals surface area contributed by atoms with Gasteiger partial charge in [-0.25, -0.2) is 4.98 Å². The number of carbonyl (C=O) groups excluding carboxylic acids is 2. The molecule has 2 N–H and O–H groups in total. The normalized spacial score (nSPS) is 9.97. The van der Waals surface area contributed by atoms with Crippen LogP contribution < -0.4 is 15.4 Å². The van der Waals surface area contributed by atoms with Crippen LogP contribution in [0, 0.1) is 11.3 Å². The van der Waals surface area contributed by atoms with E-state index in [1.54, 1.807) is 36.4 Å². The number of aromatic nitrogens is 1. The molecule has 8 heteroatoms. The highest BCUT2D eigenvalue weighted by atomic mass is 35.5. The van der Waals surface area contributed by atoms with Gasteiger partial charge < -0.3 is 15.4 Å². The Labute approximate surface area is 171 Å². The summed E-state index contributed by atoms with van der Waals surface area (Å²) in [6.07, 6.45) is 1.41. The van der Waals surface area contributed by atoms with Crippen molar-refractivity contribution in [1.29, 1.82) is 5.26 Å². The van der Waals surface area contributed by atoms with Gasteiger partial charge in [-0.3, -0.25) is 9.59 Å². The predicted octanol–water partition coefficient (Wildman–Crippen LogP) is 4.12. The predicted molar refractivity (Wildman–Crippen MR) is 109 cm³/mol. The number of methoxy groups -OCH3 is 1. The minimum absolute atomic E-state index is 0.197. The number of hydrogen-bond donors (Lipinski definition) is 2. The standard InChI is InChI=1S/C21H15ClN4O3/c1-29-16-7-8-18(25-20(27)14-4-2-13(11-23)3-5-14)17(10-16)21(28)26-19-9-6-15(22)12-24-19/h2-10,12H,1H3,(H,25,27)(H,24,26,28). The molecule has 0 aliphatic carbocycles. The first-order valence-corrected chi connectivity index (χ1v) is 8.80. The van der Waals surface area contributed by atoms with Gasteiger partial charge in [0.15, 0.2) is 0 Å². The summed E-state index contributed by atoms with van der Waals surface area (Å²) < 4.78 is 5.18. The fourth-order valence-electron chi connectivity index (χ4n) is 2.47. The van der Waals surface area contributed by atoms with Crippen LogP contribution in [0.15, 0.2) is 60.8 Å². The van der Waals surface area contributed by atoms with Gasteiger partial charge in [0.1, 0.15) is 11.6 Å². The zero-order chi connectivity index (χ0) is 20.8. The van der Waals surface area contributed by atoms with Gasteiger partial charge in [-0.1, -0.05) is 11.6 Å². The number of benzene rings is 2. The molecule has 1 aromatic heterocycles. The highest BCUT2D eigenvalue weighted by molar-refractivity contribution is 6.30. The molecule has 0 saturated heterocycles. The second kappa shape index (κ2) is 8.87. The Morgan fingerprint density at radius 3 is 2.41 bits per heavy atom. The number of hydrogen-bond acceptors (Lipinski definition) is 5. The maximum Gasteiger partial charge on any atom is 0.259 e. The van der Waals surface area contributed by atoms with Gasteiger partial charge in [-0.05, 0) is 54.6 Å². The first kappa shape index (κ1) is 19.9. The molecule has 29 heavy (non-hydrogen) atoms. The van der Waals surface area contributed by atoms with E-state index in [1.807, 2.05) is 6.07 Å². The molecule has 3 rings (SSSR count). The molecule has 1 heterocycles. The van der Waals surface area contributed by atoms with Gasteiger partial charge in [-0.15, -0.1) is 0 Å². The Bertz CT molecular complexity index is 1090. The van der Waals surface area contributed by atoms with Crippen molar-refractivity contribution in [2.75, 3.05) is 17.7 Å².